The zero-order valence-corrected chi connectivity index (χ0v) is 25.9. The van der Waals surface area contributed by atoms with Gasteiger partial charge in [-0.2, -0.15) is 0 Å². The molecule has 0 aromatic carbocycles. The van der Waals surface area contributed by atoms with E-state index >= 15 is 0 Å². The SMILES string of the molecule is C=C1C=C(C(C)(C)C)C=C(C(C)(C)C)C1(O)N(CCOC)C1(O)C(=C)C=C(C(C)(C)C)C=C1C(C)(C)C. The van der Waals surface area contributed by atoms with E-state index in [0.29, 0.717) is 17.8 Å². The van der Waals surface area contributed by atoms with Gasteiger partial charge in [0.1, 0.15) is 0 Å². The lowest BCUT2D eigenvalue weighted by atomic mass is 9.66. The Kier molecular flexibility index (Phi) is 8.33. The summed E-state index contributed by atoms with van der Waals surface area (Å²) in [6.45, 7) is 34.9. The second-order valence-electron chi connectivity index (χ2n) is 14.9. The molecule has 0 heterocycles. The van der Waals surface area contributed by atoms with Crippen LogP contribution in [0.4, 0.5) is 0 Å². The molecule has 0 spiro atoms. The summed E-state index contributed by atoms with van der Waals surface area (Å²) in [5.74, 6) is 0. The molecule has 0 fully saturated rings. The quantitative estimate of drug-likeness (QED) is 0.379. The van der Waals surface area contributed by atoms with Gasteiger partial charge < -0.3 is 14.9 Å². The molecule has 0 amide bonds. The van der Waals surface area contributed by atoms with Crippen LogP contribution >= 0.6 is 0 Å². The third-order valence-corrected chi connectivity index (χ3v) is 7.55. The number of methoxy groups -OCH3 is 1. The van der Waals surface area contributed by atoms with Gasteiger partial charge in [-0.1, -0.05) is 121 Å². The molecule has 2 N–H and O–H groups in total. The summed E-state index contributed by atoms with van der Waals surface area (Å²) < 4.78 is 5.51. The number of allylic oxidation sites excluding steroid dienone is 4. The van der Waals surface area contributed by atoms with Crippen molar-refractivity contribution in [3.63, 3.8) is 0 Å². The standard InChI is InChI=1S/C33H53NO3/c1-22-18-24(28(3,4)5)20-26(30(9,10)11)32(22,35)34(16-17-37-15)33(36)23(2)19-25(29(6,7)8)21-27(33)31(12,13)14/h18-21,35-36H,1-2,16-17H2,3-15H3. The molecule has 0 aromatic rings. The van der Waals surface area contributed by atoms with Crippen molar-refractivity contribution >= 4 is 0 Å². The summed E-state index contributed by atoms with van der Waals surface area (Å²) in [7, 11) is 1.63. The number of rotatable bonds is 5. The Labute approximate surface area is 227 Å². The summed E-state index contributed by atoms with van der Waals surface area (Å²) in [5.41, 5.74) is 0.375. The lowest BCUT2D eigenvalue weighted by Gasteiger charge is -2.57. The molecule has 2 atom stereocenters. The minimum absolute atomic E-state index is 0.135. The third-order valence-electron chi connectivity index (χ3n) is 7.55. The van der Waals surface area contributed by atoms with Gasteiger partial charge in [-0.25, -0.2) is 4.90 Å². The van der Waals surface area contributed by atoms with Crippen molar-refractivity contribution in [2.45, 2.75) is 94.5 Å². The monoisotopic (exact) mass is 511 g/mol. The zero-order valence-electron chi connectivity index (χ0n) is 25.9. The Morgan fingerprint density at radius 2 is 0.973 bits per heavy atom. The molecule has 4 nitrogen and oxygen atoms in total. The number of nitrogens with zero attached hydrogens (tertiary/aromatic N) is 1. The first kappa shape index (κ1) is 31.5. The topological polar surface area (TPSA) is 52.9 Å². The molecule has 0 saturated carbocycles. The number of hydrogen-bond donors (Lipinski definition) is 2. The van der Waals surface area contributed by atoms with Crippen LogP contribution in [0.25, 0.3) is 0 Å². The van der Waals surface area contributed by atoms with Gasteiger partial charge in [-0.3, -0.25) is 0 Å². The largest absolute Gasteiger partial charge is 0.383 e. The fourth-order valence-corrected chi connectivity index (χ4v) is 5.24. The average Bonchev–Trinajstić information content (AvgIpc) is 2.68. The van der Waals surface area contributed by atoms with Crippen LogP contribution in [0.3, 0.4) is 0 Å². The van der Waals surface area contributed by atoms with Crippen LogP contribution < -0.4 is 0 Å². The second kappa shape index (κ2) is 9.79. The van der Waals surface area contributed by atoms with Gasteiger partial charge in [0.15, 0.2) is 11.4 Å². The predicted octanol–water partition coefficient (Wildman–Crippen LogP) is 7.34. The van der Waals surface area contributed by atoms with Crippen LogP contribution in [0.1, 0.15) is 83.1 Å². The van der Waals surface area contributed by atoms with Crippen LogP contribution in [-0.4, -0.2) is 46.8 Å². The molecule has 0 saturated heterocycles. The van der Waals surface area contributed by atoms with Gasteiger partial charge in [0, 0.05) is 13.7 Å². The van der Waals surface area contributed by atoms with E-state index in [1.165, 1.54) is 0 Å². The van der Waals surface area contributed by atoms with E-state index in [0.717, 1.165) is 22.3 Å². The molecular weight excluding hydrogens is 458 g/mol. The highest BCUT2D eigenvalue weighted by atomic mass is 16.5. The van der Waals surface area contributed by atoms with E-state index in [1.807, 2.05) is 12.2 Å². The maximum atomic E-state index is 12.9. The molecule has 4 heteroatoms. The van der Waals surface area contributed by atoms with Gasteiger partial charge in [0.25, 0.3) is 0 Å². The lowest BCUT2D eigenvalue weighted by molar-refractivity contribution is -0.176. The van der Waals surface area contributed by atoms with Gasteiger partial charge in [-0.05, 0) is 55.1 Å². The maximum absolute atomic E-state index is 12.9. The predicted molar refractivity (Wildman–Crippen MR) is 157 cm³/mol. The van der Waals surface area contributed by atoms with Gasteiger partial charge >= 0.3 is 0 Å². The first-order chi connectivity index (χ1) is 16.4. The normalized spacial score (nSPS) is 26.2. The Balaban J connectivity index is 2.95. The molecule has 2 aliphatic carbocycles. The molecule has 2 unspecified atom stereocenters. The molecule has 2 aliphatic rings. The zero-order chi connectivity index (χ0) is 29.0. The smallest absolute Gasteiger partial charge is 0.170 e. The first-order valence-corrected chi connectivity index (χ1v) is 13.4. The summed E-state index contributed by atoms with van der Waals surface area (Å²) in [6, 6.07) is 0. The van der Waals surface area contributed by atoms with Crippen LogP contribution in [-0.2, 0) is 4.74 Å². The summed E-state index contributed by atoms with van der Waals surface area (Å²) >= 11 is 0. The number of hydrogen-bond acceptors (Lipinski definition) is 4. The molecule has 0 aromatic heterocycles. The van der Waals surface area contributed by atoms with Gasteiger partial charge in [0.2, 0.25) is 0 Å². The van der Waals surface area contributed by atoms with E-state index in [-0.39, 0.29) is 17.4 Å². The highest BCUT2D eigenvalue weighted by Gasteiger charge is 2.57. The van der Waals surface area contributed by atoms with E-state index in [2.05, 4.69) is 108 Å². The van der Waals surface area contributed by atoms with E-state index < -0.39 is 22.3 Å². The highest BCUT2D eigenvalue weighted by Crippen LogP contribution is 2.54. The Morgan fingerprint density at radius 3 is 1.22 bits per heavy atom. The molecule has 0 radical (unpaired) electrons. The van der Waals surface area contributed by atoms with Crippen LogP contribution in [0.5, 0.6) is 0 Å². The molecule has 37 heavy (non-hydrogen) atoms. The van der Waals surface area contributed by atoms with Crippen molar-refractivity contribution in [3.8, 4) is 0 Å². The fourth-order valence-electron chi connectivity index (χ4n) is 5.24. The summed E-state index contributed by atoms with van der Waals surface area (Å²) in [6.07, 6.45) is 8.14. The van der Waals surface area contributed by atoms with E-state index in [4.69, 9.17) is 4.74 Å². The molecule has 208 valence electrons. The Morgan fingerprint density at radius 1 is 0.649 bits per heavy atom. The van der Waals surface area contributed by atoms with Crippen molar-refractivity contribution in [2.75, 3.05) is 20.3 Å². The first-order valence-electron chi connectivity index (χ1n) is 13.4. The van der Waals surface area contributed by atoms with E-state index in [1.54, 1.807) is 12.0 Å². The number of ether oxygens (including phenoxy) is 1. The van der Waals surface area contributed by atoms with Crippen molar-refractivity contribution in [3.05, 3.63) is 70.9 Å². The lowest BCUT2D eigenvalue weighted by Crippen LogP contribution is -2.67. The van der Waals surface area contributed by atoms with Crippen LogP contribution in [0.15, 0.2) is 70.9 Å². The molecule has 0 bridgehead atoms. The van der Waals surface area contributed by atoms with Gasteiger partial charge in [-0.15, -0.1) is 0 Å². The van der Waals surface area contributed by atoms with Crippen LogP contribution in [0.2, 0.25) is 0 Å². The molecular formula is C33H53NO3. The van der Waals surface area contributed by atoms with Gasteiger partial charge in [0.05, 0.1) is 6.61 Å². The molecule has 0 aliphatic heterocycles. The second-order valence-corrected chi connectivity index (χ2v) is 14.9. The summed E-state index contributed by atoms with van der Waals surface area (Å²) in [5, 5.41) is 25.7. The maximum Gasteiger partial charge on any atom is 0.170 e. The summed E-state index contributed by atoms with van der Waals surface area (Å²) in [4.78, 5) is 1.76. The van der Waals surface area contributed by atoms with Crippen LogP contribution in [0, 0.1) is 21.7 Å². The fraction of sp³-hybridized carbons (Fsp3) is 0.636. The minimum atomic E-state index is -1.67. The van der Waals surface area contributed by atoms with Crippen molar-refractivity contribution in [1.82, 2.24) is 4.90 Å². The van der Waals surface area contributed by atoms with Crippen molar-refractivity contribution < 1.29 is 14.9 Å². The average molecular weight is 512 g/mol. The third kappa shape index (κ3) is 5.83. The molecule has 2 rings (SSSR count). The number of aliphatic hydroxyl groups is 2. The highest BCUT2D eigenvalue weighted by molar-refractivity contribution is 5.56. The van der Waals surface area contributed by atoms with Crippen molar-refractivity contribution in [1.29, 1.82) is 0 Å². The van der Waals surface area contributed by atoms with Crippen molar-refractivity contribution in [2.24, 2.45) is 21.7 Å². The Bertz CT molecular complexity index is 975. The Hall–Kier alpha value is -1.72. The van der Waals surface area contributed by atoms with E-state index in [9.17, 15) is 10.2 Å². The minimum Gasteiger partial charge on any atom is -0.383 e.